The molecule has 0 saturated heterocycles. The van der Waals surface area contributed by atoms with Gasteiger partial charge in [-0.25, -0.2) is 9.37 Å². The normalized spacial score (nSPS) is 16.6. The Kier molecular flexibility index (Phi) is 2.09. The third-order valence-corrected chi connectivity index (χ3v) is 3.42. The second-order valence-electron chi connectivity index (χ2n) is 4.49. The molecule has 2 aromatic rings. The van der Waals surface area contributed by atoms with E-state index >= 15 is 0 Å². The van der Waals surface area contributed by atoms with Gasteiger partial charge in [0.15, 0.2) is 5.82 Å². The van der Waals surface area contributed by atoms with Gasteiger partial charge >= 0.3 is 0 Å². The summed E-state index contributed by atoms with van der Waals surface area (Å²) >= 11 is 0. The topological polar surface area (TPSA) is 43.8 Å². The first-order chi connectivity index (χ1) is 7.75. The van der Waals surface area contributed by atoms with Crippen molar-refractivity contribution in [1.82, 2.24) is 9.55 Å². The fourth-order valence-corrected chi connectivity index (χ4v) is 2.26. The molecule has 16 heavy (non-hydrogen) atoms. The minimum Gasteiger partial charge on any atom is -0.369 e. The smallest absolute Gasteiger partial charge is 0.201 e. The van der Waals surface area contributed by atoms with Gasteiger partial charge in [-0.15, -0.1) is 0 Å². The van der Waals surface area contributed by atoms with Gasteiger partial charge in [0, 0.05) is 6.54 Å². The van der Waals surface area contributed by atoms with Crippen LogP contribution in [0.4, 0.5) is 10.3 Å². The zero-order chi connectivity index (χ0) is 11.1. The Hall–Kier alpha value is -1.58. The van der Waals surface area contributed by atoms with E-state index in [0.717, 1.165) is 12.1 Å². The Balaban J connectivity index is 2.08. The third-order valence-electron chi connectivity index (χ3n) is 3.42. The summed E-state index contributed by atoms with van der Waals surface area (Å²) in [5.41, 5.74) is 7.03. The molecule has 0 atom stereocenters. The molecule has 1 aliphatic carbocycles. The van der Waals surface area contributed by atoms with Crippen LogP contribution in [0.15, 0.2) is 18.2 Å². The van der Waals surface area contributed by atoms with Crippen LogP contribution in [-0.2, 0) is 6.54 Å². The molecule has 3 rings (SSSR count). The quantitative estimate of drug-likeness (QED) is 0.843. The molecule has 0 radical (unpaired) electrons. The first-order valence-electron chi connectivity index (χ1n) is 5.66. The van der Waals surface area contributed by atoms with Crippen molar-refractivity contribution >= 4 is 17.0 Å². The lowest BCUT2D eigenvalue weighted by molar-refractivity contribution is 0.281. The number of nitrogens with zero attached hydrogens (tertiary/aromatic N) is 2. The van der Waals surface area contributed by atoms with E-state index in [1.807, 2.05) is 10.6 Å². The molecule has 1 heterocycles. The standard InChI is InChI=1S/C12H14FN3/c13-9-5-2-6-10-11(9)15-12(14)16(10)7-8-3-1-4-8/h2,5-6,8H,1,3-4,7H2,(H2,14,15). The van der Waals surface area contributed by atoms with Crippen LogP contribution < -0.4 is 5.73 Å². The maximum atomic E-state index is 13.5. The first kappa shape index (κ1) is 9.63. The fraction of sp³-hybridized carbons (Fsp3) is 0.417. The third kappa shape index (κ3) is 1.37. The number of rotatable bonds is 2. The second-order valence-corrected chi connectivity index (χ2v) is 4.49. The Labute approximate surface area is 93.1 Å². The van der Waals surface area contributed by atoms with Gasteiger partial charge in [-0.1, -0.05) is 12.5 Å². The highest BCUT2D eigenvalue weighted by atomic mass is 19.1. The molecule has 1 aromatic heterocycles. The molecule has 0 bridgehead atoms. The zero-order valence-electron chi connectivity index (χ0n) is 8.99. The lowest BCUT2D eigenvalue weighted by Gasteiger charge is -2.26. The van der Waals surface area contributed by atoms with Gasteiger partial charge in [0.2, 0.25) is 5.95 Å². The number of nitrogen functional groups attached to an aromatic ring is 1. The summed E-state index contributed by atoms with van der Waals surface area (Å²) in [6.07, 6.45) is 3.79. The van der Waals surface area contributed by atoms with Crippen molar-refractivity contribution in [3.63, 3.8) is 0 Å². The molecular formula is C12H14FN3. The number of anilines is 1. The summed E-state index contributed by atoms with van der Waals surface area (Å²) in [5, 5.41) is 0. The average molecular weight is 219 g/mol. The van der Waals surface area contributed by atoms with Crippen LogP contribution in [0, 0.1) is 11.7 Å². The van der Waals surface area contributed by atoms with E-state index in [-0.39, 0.29) is 5.82 Å². The first-order valence-corrected chi connectivity index (χ1v) is 5.66. The van der Waals surface area contributed by atoms with Gasteiger partial charge in [-0.3, -0.25) is 0 Å². The minimum absolute atomic E-state index is 0.295. The van der Waals surface area contributed by atoms with Gasteiger partial charge in [0.05, 0.1) is 5.52 Å². The molecule has 3 nitrogen and oxygen atoms in total. The Morgan fingerprint density at radius 2 is 2.25 bits per heavy atom. The lowest BCUT2D eigenvalue weighted by atomic mass is 9.85. The van der Waals surface area contributed by atoms with Gasteiger partial charge in [0.25, 0.3) is 0 Å². The number of halogens is 1. The van der Waals surface area contributed by atoms with E-state index in [9.17, 15) is 4.39 Å². The van der Waals surface area contributed by atoms with Crippen LogP contribution >= 0.6 is 0 Å². The molecule has 1 fully saturated rings. The predicted octanol–water partition coefficient (Wildman–Crippen LogP) is 2.56. The number of imidazole rings is 1. The predicted molar refractivity (Wildman–Crippen MR) is 61.4 cm³/mol. The number of para-hydroxylation sites is 1. The van der Waals surface area contributed by atoms with E-state index in [0.29, 0.717) is 17.4 Å². The highest BCUT2D eigenvalue weighted by Crippen LogP contribution is 2.30. The maximum absolute atomic E-state index is 13.5. The minimum atomic E-state index is -0.295. The van der Waals surface area contributed by atoms with Crippen LogP contribution in [0.3, 0.4) is 0 Å². The summed E-state index contributed by atoms with van der Waals surface area (Å²) in [6, 6.07) is 5.00. The van der Waals surface area contributed by atoms with E-state index in [1.54, 1.807) is 6.07 Å². The van der Waals surface area contributed by atoms with Gasteiger partial charge < -0.3 is 10.3 Å². The second kappa shape index (κ2) is 3.47. The Morgan fingerprint density at radius 1 is 1.44 bits per heavy atom. The summed E-state index contributed by atoms with van der Waals surface area (Å²) in [5.74, 6) is 0.812. The highest BCUT2D eigenvalue weighted by molar-refractivity contribution is 5.78. The lowest BCUT2D eigenvalue weighted by Crippen LogP contribution is -2.19. The van der Waals surface area contributed by atoms with Crippen LogP contribution in [0.1, 0.15) is 19.3 Å². The van der Waals surface area contributed by atoms with Crippen molar-refractivity contribution in [1.29, 1.82) is 0 Å². The molecule has 0 unspecified atom stereocenters. The Morgan fingerprint density at radius 3 is 2.94 bits per heavy atom. The molecule has 1 aromatic carbocycles. The van der Waals surface area contributed by atoms with Crippen LogP contribution in [0.5, 0.6) is 0 Å². The molecule has 0 amide bonds. The van der Waals surface area contributed by atoms with Gasteiger partial charge in [-0.2, -0.15) is 0 Å². The van der Waals surface area contributed by atoms with Crippen molar-refractivity contribution in [2.24, 2.45) is 5.92 Å². The number of nitrogens with two attached hydrogens (primary N) is 1. The molecule has 84 valence electrons. The molecule has 1 aliphatic rings. The van der Waals surface area contributed by atoms with Gasteiger partial charge in [-0.05, 0) is 30.9 Å². The van der Waals surface area contributed by atoms with E-state index in [1.165, 1.54) is 25.3 Å². The molecular weight excluding hydrogens is 205 g/mol. The molecule has 0 spiro atoms. The van der Waals surface area contributed by atoms with Crippen LogP contribution in [0.2, 0.25) is 0 Å². The summed E-state index contributed by atoms with van der Waals surface area (Å²) in [4.78, 5) is 4.09. The Bertz CT molecular complexity index is 528. The van der Waals surface area contributed by atoms with E-state index in [2.05, 4.69) is 4.98 Å². The van der Waals surface area contributed by atoms with Crippen LogP contribution in [0.25, 0.3) is 11.0 Å². The van der Waals surface area contributed by atoms with Crippen LogP contribution in [-0.4, -0.2) is 9.55 Å². The van der Waals surface area contributed by atoms with E-state index < -0.39 is 0 Å². The number of benzene rings is 1. The number of hydrogen-bond donors (Lipinski definition) is 1. The van der Waals surface area contributed by atoms with Crippen molar-refractivity contribution < 1.29 is 4.39 Å². The van der Waals surface area contributed by atoms with Crippen molar-refractivity contribution in [3.8, 4) is 0 Å². The van der Waals surface area contributed by atoms with Gasteiger partial charge in [0.1, 0.15) is 5.52 Å². The number of hydrogen-bond acceptors (Lipinski definition) is 2. The van der Waals surface area contributed by atoms with E-state index in [4.69, 9.17) is 5.73 Å². The molecule has 1 saturated carbocycles. The summed E-state index contributed by atoms with van der Waals surface area (Å²) in [6.45, 7) is 0.867. The maximum Gasteiger partial charge on any atom is 0.201 e. The highest BCUT2D eigenvalue weighted by Gasteiger charge is 2.20. The van der Waals surface area contributed by atoms with Crippen molar-refractivity contribution in [2.45, 2.75) is 25.8 Å². The van der Waals surface area contributed by atoms with Crippen molar-refractivity contribution in [3.05, 3.63) is 24.0 Å². The monoisotopic (exact) mass is 219 g/mol. The molecule has 0 aliphatic heterocycles. The molecule has 2 N–H and O–H groups in total. The fourth-order valence-electron chi connectivity index (χ4n) is 2.26. The number of aromatic nitrogens is 2. The largest absolute Gasteiger partial charge is 0.369 e. The van der Waals surface area contributed by atoms with Crippen molar-refractivity contribution in [2.75, 3.05) is 5.73 Å². The summed E-state index contributed by atoms with van der Waals surface area (Å²) in [7, 11) is 0. The molecule has 4 heteroatoms. The SMILES string of the molecule is Nc1nc2c(F)cccc2n1CC1CCC1. The average Bonchev–Trinajstić information content (AvgIpc) is 2.51. The number of fused-ring (bicyclic) bond motifs is 1. The zero-order valence-corrected chi connectivity index (χ0v) is 8.99. The summed E-state index contributed by atoms with van der Waals surface area (Å²) < 4.78 is 15.4.